The molecule has 10 heteroatoms. The van der Waals surface area contributed by atoms with Crippen molar-refractivity contribution in [3.05, 3.63) is 35.2 Å². The van der Waals surface area contributed by atoms with E-state index in [1.807, 2.05) is 0 Å². The maximum Gasteiger partial charge on any atom is 0.259 e. The molecule has 0 N–H and O–H groups in total. The lowest BCUT2D eigenvalue weighted by atomic mass is 10.1. The van der Waals surface area contributed by atoms with Gasteiger partial charge in [-0.15, -0.1) is 0 Å². The van der Waals surface area contributed by atoms with Crippen LogP contribution in [0.25, 0.3) is 0 Å². The highest BCUT2D eigenvalue weighted by molar-refractivity contribution is 7.89. The van der Waals surface area contributed by atoms with Gasteiger partial charge in [-0.2, -0.15) is 4.31 Å². The number of carbonyl (C=O) groups is 1. The second-order valence-electron chi connectivity index (χ2n) is 6.41. The van der Waals surface area contributed by atoms with Crippen molar-refractivity contribution in [3.8, 4) is 11.5 Å². The fourth-order valence-electron chi connectivity index (χ4n) is 3.26. The minimum Gasteiger partial charge on any atom is -0.454 e. The van der Waals surface area contributed by atoms with E-state index in [0.717, 1.165) is 0 Å². The van der Waals surface area contributed by atoms with Crippen molar-refractivity contribution in [2.45, 2.75) is 18.7 Å². The van der Waals surface area contributed by atoms with Gasteiger partial charge in [0.15, 0.2) is 11.5 Å². The number of aryl methyl sites for hydroxylation is 2. The molecule has 0 spiro atoms. The molecule has 1 saturated heterocycles. The molecule has 1 fully saturated rings. The van der Waals surface area contributed by atoms with Gasteiger partial charge < -0.3 is 18.9 Å². The van der Waals surface area contributed by atoms with Crippen LogP contribution < -0.4 is 9.47 Å². The summed E-state index contributed by atoms with van der Waals surface area (Å²) in [7, 11) is -3.67. The average Bonchev–Trinajstić information content (AvgIpc) is 3.27. The number of ether oxygens (including phenoxy) is 2. The molecule has 0 saturated carbocycles. The van der Waals surface area contributed by atoms with Crippen LogP contribution in [0.15, 0.2) is 27.6 Å². The van der Waals surface area contributed by atoms with Crippen molar-refractivity contribution in [1.29, 1.82) is 0 Å². The summed E-state index contributed by atoms with van der Waals surface area (Å²) in [6, 6.07) is 4.57. The lowest BCUT2D eigenvalue weighted by Gasteiger charge is -2.34. The number of nitrogens with zero attached hydrogens (tertiary/aromatic N) is 3. The molecule has 3 heterocycles. The Morgan fingerprint density at radius 3 is 2.44 bits per heavy atom. The Bertz CT molecular complexity index is 973. The molecule has 0 atom stereocenters. The first kappa shape index (κ1) is 17.8. The van der Waals surface area contributed by atoms with Crippen molar-refractivity contribution in [1.82, 2.24) is 14.4 Å². The third-order valence-electron chi connectivity index (χ3n) is 4.75. The monoisotopic (exact) mass is 393 g/mol. The number of benzene rings is 1. The SMILES string of the molecule is Cc1noc(C)c1C(=O)N1CCN(S(=O)(=O)c2ccc3c(c2)OCO3)CC1. The number of sulfonamides is 1. The van der Waals surface area contributed by atoms with Crippen LogP contribution in [0, 0.1) is 13.8 Å². The summed E-state index contributed by atoms with van der Waals surface area (Å²) in [6.45, 7) is 4.51. The van der Waals surface area contributed by atoms with Crippen molar-refractivity contribution >= 4 is 15.9 Å². The minimum atomic E-state index is -3.67. The van der Waals surface area contributed by atoms with Crippen LogP contribution in [0.2, 0.25) is 0 Å². The molecule has 2 aliphatic heterocycles. The summed E-state index contributed by atoms with van der Waals surface area (Å²) in [6.07, 6.45) is 0. The molecule has 0 radical (unpaired) electrons. The van der Waals surface area contributed by atoms with E-state index in [4.69, 9.17) is 14.0 Å². The molecule has 1 aromatic heterocycles. The Balaban J connectivity index is 1.48. The van der Waals surface area contributed by atoms with Crippen LogP contribution in [-0.4, -0.2) is 61.7 Å². The summed E-state index contributed by atoms with van der Waals surface area (Å²) in [5.41, 5.74) is 0.981. The molecule has 0 bridgehead atoms. The number of amides is 1. The van der Waals surface area contributed by atoms with Gasteiger partial charge in [-0.05, 0) is 26.0 Å². The zero-order valence-electron chi connectivity index (χ0n) is 15.0. The van der Waals surface area contributed by atoms with E-state index >= 15 is 0 Å². The Morgan fingerprint density at radius 2 is 1.78 bits per heavy atom. The van der Waals surface area contributed by atoms with Crippen molar-refractivity contribution in [3.63, 3.8) is 0 Å². The lowest BCUT2D eigenvalue weighted by molar-refractivity contribution is 0.0695. The number of hydrogen-bond donors (Lipinski definition) is 0. The van der Waals surface area contributed by atoms with Gasteiger partial charge in [-0.3, -0.25) is 4.79 Å². The van der Waals surface area contributed by atoms with Gasteiger partial charge in [0.2, 0.25) is 16.8 Å². The fraction of sp³-hybridized carbons (Fsp3) is 0.412. The Hall–Kier alpha value is -2.59. The zero-order valence-corrected chi connectivity index (χ0v) is 15.8. The molecular weight excluding hydrogens is 374 g/mol. The van der Waals surface area contributed by atoms with E-state index in [2.05, 4.69) is 5.16 Å². The average molecular weight is 393 g/mol. The highest BCUT2D eigenvalue weighted by atomic mass is 32.2. The van der Waals surface area contributed by atoms with E-state index < -0.39 is 10.0 Å². The number of piperazine rings is 1. The number of aromatic nitrogens is 1. The van der Waals surface area contributed by atoms with Crippen LogP contribution in [0.3, 0.4) is 0 Å². The number of carbonyl (C=O) groups excluding carboxylic acids is 1. The van der Waals surface area contributed by atoms with Crippen LogP contribution in [0.5, 0.6) is 11.5 Å². The first-order valence-electron chi connectivity index (χ1n) is 8.50. The van der Waals surface area contributed by atoms with Crippen LogP contribution in [-0.2, 0) is 10.0 Å². The van der Waals surface area contributed by atoms with Crippen molar-refractivity contribution in [2.24, 2.45) is 0 Å². The topological polar surface area (TPSA) is 102 Å². The minimum absolute atomic E-state index is 0.0846. The summed E-state index contributed by atoms with van der Waals surface area (Å²) < 4.78 is 42.7. The van der Waals surface area contributed by atoms with Crippen LogP contribution in [0.4, 0.5) is 0 Å². The maximum atomic E-state index is 12.9. The zero-order chi connectivity index (χ0) is 19.2. The Morgan fingerprint density at radius 1 is 1.07 bits per heavy atom. The van der Waals surface area contributed by atoms with Crippen LogP contribution >= 0.6 is 0 Å². The highest BCUT2D eigenvalue weighted by Crippen LogP contribution is 2.34. The highest BCUT2D eigenvalue weighted by Gasteiger charge is 2.33. The smallest absolute Gasteiger partial charge is 0.259 e. The summed E-state index contributed by atoms with van der Waals surface area (Å²) in [5, 5.41) is 3.80. The molecule has 0 unspecified atom stereocenters. The van der Waals surface area contributed by atoms with Gasteiger partial charge in [0.1, 0.15) is 11.3 Å². The first-order valence-corrected chi connectivity index (χ1v) is 9.94. The standard InChI is InChI=1S/C17H19N3O6S/c1-11-16(12(2)26-18-11)17(21)19-5-7-20(8-6-19)27(22,23)13-3-4-14-15(9-13)25-10-24-14/h3-4,9H,5-8,10H2,1-2H3. The molecular formula is C17H19N3O6S. The summed E-state index contributed by atoms with van der Waals surface area (Å²) in [5.74, 6) is 1.23. The van der Waals surface area contributed by atoms with Gasteiger partial charge in [0, 0.05) is 32.2 Å². The molecule has 2 aliphatic rings. The van der Waals surface area contributed by atoms with Gasteiger partial charge in [0.05, 0.1) is 10.6 Å². The predicted octanol–water partition coefficient (Wildman–Crippen LogP) is 1.17. The molecule has 1 aromatic carbocycles. The first-order chi connectivity index (χ1) is 12.9. The second-order valence-corrected chi connectivity index (χ2v) is 8.35. The van der Waals surface area contributed by atoms with Crippen molar-refractivity contribution < 1.29 is 27.2 Å². The van der Waals surface area contributed by atoms with Crippen LogP contribution in [0.1, 0.15) is 21.8 Å². The Labute approximate surface area is 156 Å². The molecule has 0 aliphatic carbocycles. The lowest BCUT2D eigenvalue weighted by Crippen LogP contribution is -2.50. The molecule has 4 rings (SSSR count). The number of rotatable bonds is 3. The number of hydrogen-bond acceptors (Lipinski definition) is 7. The largest absolute Gasteiger partial charge is 0.454 e. The molecule has 1 amide bonds. The van der Waals surface area contributed by atoms with Gasteiger partial charge in [-0.25, -0.2) is 8.42 Å². The summed E-state index contributed by atoms with van der Waals surface area (Å²) >= 11 is 0. The molecule has 144 valence electrons. The summed E-state index contributed by atoms with van der Waals surface area (Å²) in [4.78, 5) is 14.5. The second kappa shape index (κ2) is 6.54. The van der Waals surface area contributed by atoms with Gasteiger partial charge in [-0.1, -0.05) is 5.16 Å². The third-order valence-corrected chi connectivity index (χ3v) is 6.65. The van der Waals surface area contributed by atoms with Gasteiger partial charge >= 0.3 is 0 Å². The normalized spacial score (nSPS) is 17.3. The Kier molecular flexibility index (Phi) is 4.31. The van der Waals surface area contributed by atoms with E-state index in [1.165, 1.54) is 16.4 Å². The third kappa shape index (κ3) is 3.04. The van der Waals surface area contributed by atoms with E-state index in [1.54, 1.807) is 24.8 Å². The van der Waals surface area contributed by atoms with Crippen molar-refractivity contribution in [2.75, 3.05) is 33.0 Å². The van der Waals surface area contributed by atoms with E-state index in [9.17, 15) is 13.2 Å². The quantitative estimate of drug-likeness (QED) is 0.771. The molecule has 27 heavy (non-hydrogen) atoms. The fourth-order valence-corrected chi connectivity index (χ4v) is 4.70. The molecule has 9 nitrogen and oxygen atoms in total. The predicted molar refractivity (Wildman–Crippen MR) is 93.2 cm³/mol. The van der Waals surface area contributed by atoms with Gasteiger partial charge in [0.25, 0.3) is 5.91 Å². The number of fused-ring (bicyclic) bond motifs is 1. The molecule has 2 aromatic rings. The van der Waals surface area contributed by atoms with E-state index in [0.29, 0.717) is 41.6 Å². The van der Waals surface area contributed by atoms with E-state index in [-0.39, 0.29) is 30.7 Å². The maximum absolute atomic E-state index is 12.9.